The number of piperidine rings is 1. The number of carbonyl (C=O) groups is 4. The number of amides is 3. The largest absolute Gasteiger partial charge is 0.391 e. The summed E-state index contributed by atoms with van der Waals surface area (Å²) in [5.41, 5.74) is -0.913. The van der Waals surface area contributed by atoms with Crippen LogP contribution >= 0.6 is 0 Å². The molecule has 0 aliphatic carbocycles. The van der Waals surface area contributed by atoms with Gasteiger partial charge in [0.25, 0.3) is 0 Å². The first kappa shape index (κ1) is 33.2. The molecule has 39 heavy (non-hydrogen) atoms. The fourth-order valence-electron chi connectivity index (χ4n) is 5.35. The number of rotatable bonds is 14. The van der Waals surface area contributed by atoms with E-state index in [9.17, 15) is 24.3 Å². The molecule has 2 saturated heterocycles. The zero-order valence-corrected chi connectivity index (χ0v) is 25.6. The van der Waals surface area contributed by atoms with E-state index < -0.39 is 41.6 Å². The molecule has 2 aliphatic heterocycles. The lowest BCUT2D eigenvalue weighted by Gasteiger charge is -2.46. The summed E-state index contributed by atoms with van der Waals surface area (Å²) in [5.74, 6) is -1.34. The third-order valence-electron chi connectivity index (χ3n) is 8.44. The lowest BCUT2D eigenvalue weighted by Crippen LogP contribution is -2.65. The number of hydrogen-bond acceptors (Lipinski definition) is 7. The molecule has 1 unspecified atom stereocenters. The van der Waals surface area contributed by atoms with Gasteiger partial charge in [-0.15, -0.1) is 0 Å². The van der Waals surface area contributed by atoms with Crippen LogP contribution in [0.4, 0.5) is 0 Å². The van der Waals surface area contributed by atoms with Crippen molar-refractivity contribution in [2.45, 2.75) is 123 Å². The summed E-state index contributed by atoms with van der Waals surface area (Å²) in [7, 11) is 1.93. The molecule has 0 radical (unpaired) electrons. The molecule has 0 aromatic rings. The number of aliphatic hydroxyl groups is 1. The summed E-state index contributed by atoms with van der Waals surface area (Å²) in [6.45, 7) is 17.8. The van der Waals surface area contributed by atoms with Crippen LogP contribution in [0.1, 0.15) is 81.6 Å². The van der Waals surface area contributed by atoms with Crippen LogP contribution in [0.2, 0.25) is 0 Å². The standard InChI is InChI=1S/C29H52N4O6/c1-11-18(6)23(33-13-12-19(7)24(28(33)38)32(10)17(4)5)27(37)31-22(20(8)34)26(36)30-21(14-16(2)3)25(35)29(9)15-39-29/h16-24,34H,11-15H2,1-10H3,(H,30,36)(H,31,37)/t18-,19-,20+,21?,22-,23-,24-,29+/m0/s1. The number of nitrogens with one attached hydrogen (secondary N) is 2. The van der Waals surface area contributed by atoms with Gasteiger partial charge < -0.3 is 25.4 Å². The summed E-state index contributed by atoms with van der Waals surface area (Å²) in [6, 6.07) is -3.06. The van der Waals surface area contributed by atoms with E-state index in [0.717, 1.165) is 6.42 Å². The van der Waals surface area contributed by atoms with Crippen molar-refractivity contribution in [1.29, 1.82) is 0 Å². The first-order valence-corrected chi connectivity index (χ1v) is 14.5. The topological polar surface area (TPSA) is 132 Å². The van der Waals surface area contributed by atoms with Crippen LogP contribution in [-0.2, 0) is 23.9 Å². The average molecular weight is 553 g/mol. The number of aliphatic hydroxyl groups excluding tert-OH is 1. The zero-order valence-electron chi connectivity index (χ0n) is 25.6. The number of likely N-dealkylation sites (tertiary alicyclic amines) is 1. The van der Waals surface area contributed by atoms with Gasteiger partial charge in [0.05, 0.1) is 24.8 Å². The van der Waals surface area contributed by atoms with Gasteiger partial charge >= 0.3 is 0 Å². The lowest BCUT2D eigenvalue weighted by atomic mass is 9.87. The Morgan fingerprint density at radius 3 is 2.18 bits per heavy atom. The second-order valence-electron chi connectivity index (χ2n) is 12.6. The molecule has 10 heteroatoms. The van der Waals surface area contributed by atoms with Crippen molar-refractivity contribution in [1.82, 2.24) is 20.4 Å². The van der Waals surface area contributed by atoms with E-state index in [1.807, 2.05) is 53.5 Å². The molecule has 8 atom stereocenters. The molecular formula is C29H52N4O6. The van der Waals surface area contributed by atoms with E-state index in [2.05, 4.69) is 17.6 Å². The predicted octanol–water partition coefficient (Wildman–Crippen LogP) is 1.73. The van der Waals surface area contributed by atoms with Crippen molar-refractivity contribution in [3.05, 3.63) is 0 Å². The predicted molar refractivity (Wildman–Crippen MR) is 150 cm³/mol. The van der Waals surface area contributed by atoms with Crippen LogP contribution in [0, 0.1) is 17.8 Å². The molecule has 224 valence electrons. The molecule has 0 aromatic heterocycles. The molecule has 0 bridgehead atoms. The van der Waals surface area contributed by atoms with Gasteiger partial charge in [0.15, 0.2) is 5.78 Å². The van der Waals surface area contributed by atoms with E-state index in [1.54, 1.807) is 11.8 Å². The zero-order chi connectivity index (χ0) is 29.8. The average Bonchev–Trinajstić information content (AvgIpc) is 3.60. The lowest BCUT2D eigenvalue weighted by molar-refractivity contribution is -0.153. The minimum absolute atomic E-state index is 0.0938. The van der Waals surface area contributed by atoms with Crippen molar-refractivity contribution >= 4 is 23.5 Å². The summed E-state index contributed by atoms with van der Waals surface area (Å²) in [5, 5.41) is 16.0. The Kier molecular flexibility index (Phi) is 11.5. The third-order valence-corrected chi connectivity index (χ3v) is 8.44. The Hall–Kier alpha value is -2.04. The molecule has 2 fully saturated rings. The van der Waals surface area contributed by atoms with Gasteiger partial charge in [-0.1, -0.05) is 41.0 Å². The normalized spacial score (nSPS) is 27.2. The highest BCUT2D eigenvalue weighted by molar-refractivity contribution is 5.98. The van der Waals surface area contributed by atoms with Gasteiger partial charge in [-0.2, -0.15) is 0 Å². The van der Waals surface area contributed by atoms with Crippen LogP contribution in [0.5, 0.6) is 0 Å². The number of epoxide rings is 1. The Bertz CT molecular complexity index is 887. The van der Waals surface area contributed by atoms with Gasteiger partial charge in [0, 0.05) is 12.6 Å². The highest BCUT2D eigenvalue weighted by Gasteiger charge is 2.50. The van der Waals surface area contributed by atoms with Crippen molar-refractivity contribution in [3.8, 4) is 0 Å². The monoisotopic (exact) mass is 552 g/mol. The molecule has 3 N–H and O–H groups in total. The minimum atomic E-state index is -1.28. The van der Waals surface area contributed by atoms with Crippen LogP contribution in [0.15, 0.2) is 0 Å². The van der Waals surface area contributed by atoms with Crippen LogP contribution in [0.3, 0.4) is 0 Å². The van der Waals surface area contributed by atoms with Crippen LogP contribution in [-0.4, -0.2) is 101 Å². The van der Waals surface area contributed by atoms with Crippen molar-refractivity contribution in [2.24, 2.45) is 17.8 Å². The number of Topliss-reactive ketones (excluding diaryl/α,β-unsaturated/α-hetero) is 1. The van der Waals surface area contributed by atoms with E-state index >= 15 is 0 Å². The molecule has 0 spiro atoms. The number of likely N-dealkylation sites (N-methyl/N-ethyl adjacent to an activating group) is 1. The maximum absolute atomic E-state index is 13.8. The molecule has 10 nitrogen and oxygen atoms in total. The summed E-state index contributed by atoms with van der Waals surface area (Å²) >= 11 is 0. The SMILES string of the molecule is CC[C@H](C)[C@@H](C(=O)N[C@H](C(=O)NC(CC(C)C)C(=O)[C@@]1(C)CO1)[C@@H](C)O)N1CC[C@H](C)[C@H](N(C)C(C)C)C1=O. The summed E-state index contributed by atoms with van der Waals surface area (Å²) in [4.78, 5) is 57.6. The highest BCUT2D eigenvalue weighted by Crippen LogP contribution is 2.30. The molecule has 3 amide bonds. The number of ketones is 1. The van der Waals surface area contributed by atoms with Crippen molar-refractivity contribution < 1.29 is 29.0 Å². The van der Waals surface area contributed by atoms with Crippen molar-refractivity contribution in [2.75, 3.05) is 20.2 Å². The van der Waals surface area contributed by atoms with E-state index in [0.29, 0.717) is 26.0 Å². The second-order valence-corrected chi connectivity index (χ2v) is 12.6. The summed E-state index contributed by atoms with van der Waals surface area (Å²) < 4.78 is 5.31. The van der Waals surface area contributed by atoms with Gasteiger partial charge in [-0.05, 0) is 65.3 Å². The van der Waals surface area contributed by atoms with Crippen LogP contribution < -0.4 is 10.6 Å². The first-order valence-electron chi connectivity index (χ1n) is 14.5. The van der Waals surface area contributed by atoms with Gasteiger partial charge in [-0.3, -0.25) is 24.1 Å². The Balaban J connectivity index is 2.27. The minimum Gasteiger partial charge on any atom is -0.391 e. The van der Waals surface area contributed by atoms with E-state index in [1.165, 1.54) is 6.92 Å². The van der Waals surface area contributed by atoms with Gasteiger partial charge in [-0.25, -0.2) is 0 Å². The Morgan fingerprint density at radius 1 is 1.13 bits per heavy atom. The maximum Gasteiger partial charge on any atom is 0.245 e. The van der Waals surface area contributed by atoms with Gasteiger partial charge in [0.2, 0.25) is 17.7 Å². The van der Waals surface area contributed by atoms with Gasteiger partial charge in [0.1, 0.15) is 17.7 Å². The fourth-order valence-corrected chi connectivity index (χ4v) is 5.35. The number of nitrogens with zero attached hydrogens (tertiary/aromatic N) is 2. The van der Waals surface area contributed by atoms with E-state index in [4.69, 9.17) is 4.74 Å². The summed E-state index contributed by atoms with van der Waals surface area (Å²) in [6.07, 6.45) is 0.599. The number of ether oxygens (including phenoxy) is 1. The first-order chi connectivity index (χ1) is 18.0. The molecule has 0 saturated carbocycles. The van der Waals surface area contributed by atoms with Crippen molar-refractivity contribution in [3.63, 3.8) is 0 Å². The second kappa shape index (κ2) is 13.5. The Labute approximate surface area is 234 Å². The molecule has 2 aliphatic rings. The molecule has 2 heterocycles. The maximum atomic E-state index is 13.8. The molecule has 0 aromatic carbocycles. The quantitative estimate of drug-likeness (QED) is 0.280. The number of hydrogen-bond donors (Lipinski definition) is 3. The molecule has 2 rings (SSSR count). The third kappa shape index (κ3) is 8.01. The Morgan fingerprint density at radius 2 is 1.72 bits per heavy atom. The molecular weight excluding hydrogens is 500 g/mol. The smallest absolute Gasteiger partial charge is 0.245 e. The van der Waals surface area contributed by atoms with Crippen LogP contribution in [0.25, 0.3) is 0 Å². The fraction of sp³-hybridized carbons (Fsp3) is 0.862. The highest BCUT2D eigenvalue weighted by atomic mass is 16.6. The number of carbonyl (C=O) groups excluding carboxylic acids is 4. The van der Waals surface area contributed by atoms with E-state index in [-0.39, 0.29) is 41.5 Å².